The minimum absolute atomic E-state index is 0.00276. The first kappa shape index (κ1) is 13.9. The van der Waals surface area contributed by atoms with Crippen LogP contribution in [0.5, 0.6) is 11.5 Å². The molecule has 2 aliphatic rings. The van der Waals surface area contributed by atoms with Gasteiger partial charge < -0.3 is 20.5 Å². The van der Waals surface area contributed by atoms with Crippen molar-refractivity contribution in [1.82, 2.24) is 0 Å². The summed E-state index contributed by atoms with van der Waals surface area (Å²) in [5, 5.41) is 14.5. The number of rotatable bonds is 3. The van der Waals surface area contributed by atoms with Gasteiger partial charge in [0.2, 0.25) is 0 Å². The van der Waals surface area contributed by atoms with Crippen LogP contribution in [-0.4, -0.2) is 30.2 Å². The van der Waals surface area contributed by atoms with Gasteiger partial charge in [0.15, 0.2) is 11.5 Å². The van der Waals surface area contributed by atoms with Gasteiger partial charge in [0, 0.05) is 18.2 Å². The van der Waals surface area contributed by atoms with Crippen molar-refractivity contribution < 1.29 is 14.4 Å². The molecule has 0 saturated heterocycles. The zero-order chi connectivity index (χ0) is 14.8. The topological polar surface area (TPSA) is 99.7 Å². The zero-order valence-electron chi connectivity index (χ0n) is 11.7. The highest BCUT2D eigenvalue weighted by atomic mass is 16.6. The van der Waals surface area contributed by atoms with Crippen molar-refractivity contribution in [2.24, 2.45) is 5.73 Å². The molecule has 7 nitrogen and oxygen atoms in total. The first-order valence-electron chi connectivity index (χ1n) is 7.25. The second kappa shape index (κ2) is 5.77. The lowest BCUT2D eigenvalue weighted by Crippen LogP contribution is -2.42. The third-order valence-electron chi connectivity index (χ3n) is 4.02. The minimum atomic E-state index is -0.408. The van der Waals surface area contributed by atoms with Crippen molar-refractivity contribution in [3.63, 3.8) is 0 Å². The Labute approximate surface area is 122 Å². The number of nitro groups is 1. The van der Waals surface area contributed by atoms with E-state index in [9.17, 15) is 10.1 Å². The van der Waals surface area contributed by atoms with Crippen molar-refractivity contribution in [3.8, 4) is 11.5 Å². The molecule has 1 aromatic carbocycles. The first-order valence-corrected chi connectivity index (χ1v) is 7.25. The zero-order valence-corrected chi connectivity index (χ0v) is 11.7. The van der Waals surface area contributed by atoms with Crippen molar-refractivity contribution in [2.75, 3.05) is 18.5 Å². The standard InChI is InChI=1S/C14H19N3O4/c15-9-3-1-2-4-10(9)16-11-7-13-14(21-6-5-20-13)8-12(11)17(18)19/h7-10,16H,1-6,15H2/t9-,10-/m1/s1. The van der Waals surface area contributed by atoms with E-state index in [1.165, 1.54) is 6.07 Å². The summed E-state index contributed by atoms with van der Waals surface area (Å²) in [4.78, 5) is 10.9. The number of nitrogens with one attached hydrogen (secondary N) is 1. The monoisotopic (exact) mass is 293 g/mol. The summed E-state index contributed by atoms with van der Waals surface area (Å²) in [6.07, 6.45) is 4.06. The number of fused-ring (bicyclic) bond motifs is 1. The van der Waals surface area contributed by atoms with Gasteiger partial charge in [-0.25, -0.2) is 0 Å². The fourth-order valence-electron chi connectivity index (χ4n) is 2.88. The molecule has 1 aromatic rings. The number of anilines is 1. The highest BCUT2D eigenvalue weighted by Gasteiger charge is 2.27. The van der Waals surface area contributed by atoms with E-state index < -0.39 is 4.92 Å². The van der Waals surface area contributed by atoms with Gasteiger partial charge in [0.25, 0.3) is 5.69 Å². The van der Waals surface area contributed by atoms with Gasteiger partial charge in [0.1, 0.15) is 18.9 Å². The molecule has 0 unspecified atom stereocenters. The summed E-state index contributed by atoms with van der Waals surface area (Å²) in [6, 6.07) is 3.14. The SMILES string of the molecule is N[C@@H]1CCCC[C@H]1Nc1cc2c(cc1[N+](=O)[O-])OCCO2. The van der Waals surface area contributed by atoms with Crippen molar-refractivity contribution in [1.29, 1.82) is 0 Å². The number of nitrogens with two attached hydrogens (primary N) is 1. The van der Waals surface area contributed by atoms with Crippen LogP contribution in [0.15, 0.2) is 12.1 Å². The van der Waals surface area contributed by atoms with E-state index in [4.69, 9.17) is 15.2 Å². The third kappa shape index (κ3) is 2.87. The maximum atomic E-state index is 11.3. The van der Waals surface area contributed by atoms with Crippen LogP contribution in [-0.2, 0) is 0 Å². The molecular formula is C14H19N3O4. The normalized spacial score (nSPS) is 24.4. The number of hydrogen-bond donors (Lipinski definition) is 2. The Balaban J connectivity index is 1.90. The lowest BCUT2D eigenvalue weighted by Gasteiger charge is -2.30. The van der Waals surface area contributed by atoms with Crippen LogP contribution >= 0.6 is 0 Å². The van der Waals surface area contributed by atoms with E-state index in [-0.39, 0.29) is 17.8 Å². The van der Waals surface area contributed by atoms with Crippen LogP contribution in [0.4, 0.5) is 11.4 Å². The number of hydrogen-bond acceptors (Lipinski definition) is 6. The molecular weight excluding hydrogens is 274 g/mol. The van der Waals surface area contributed by atoms with Gasteiger partial charge in [-0.3, -0.25) is 10.1 Å². The van der Waals surface area contributed by atoms with E-state index in [1.54, 1.807) is 6.07 Å². The lowest BCUT2D eigenvalue weighted by molar-refractivity contribution is -0.384. The fraction of sp³-hybridized carbons (Fsp3) is 0.571. The Hall–Kier alpha value is -2.02. The van der Waals surface area contributed by atoms with Gasteiger partial charge in [-0.1, -0.05) is 12.8 Å². The van der Waals surface area contributed by atoms with Crippen LogP contribution in [0.3, 0.4) is 0 Å². The molecule has 0 bridgehead atoms. The predicted molar refractivity (Wildman–Crippen MR) is 77.9 cm³/mol. The van der Waals surface area contributed by atoms with Crippen LogP contribution in [0.25, 0.3) is 0 Å². The molecule has 3 N–H and O–H groups in total. The Kier molecular flexibility index (Phi) is 3.83. The molecule has 0 spiro atoms. The Bertz CT molecular complexity index is 549. The van der Waals surface area contributed by atoms with Crippen LogP contribution in [0.1, 0.15) is 25.7 Å². The summed E-state index contributed by atoms with van der Waals surface area (Å²) in [5.74, 6) is 0.963. The molecule has 1 aliphatic heterocycles. The van der Waals surface area contributed by atoms with E-state index >= 15 is 0 Å². The maximum absolute atomic E-state index is 11.3. The number of nitrogens with zero attached hydrogens (tertiary/aromatic N) is 1. The Morgan fingerprint density at radius 3 is 2.52 bits per heavy atom. The second-order valence-corrected chi connectivity index (χ2v) is 5.47. The molecule has 1 aliphatic carbocycles. The van der Waals surface area contributed by atoms with Crippen LogP contribution in [0, 0.1) is 10.1 Å². The van der Waals surface area contributed by atoms with Crippen molar-refractivity contribution in [2.45, 2.75) is 37.8 Å². The van der Waals surface area contributed by atoms with Gasteiger partial charge in [0.05, 0.1) is 11.0 Å². The number of ether oxygens (including phenoxy) is 2. The highest BCUT2D eigenvalue weighted by Crippen LogP contribution is 2.40. The van der Waals surface area contributed by atoms with Crippen LogP contribution in [0.2, 0.25) is 0 Å². The Morgan fingerprint density at radius 1 is 1.19 bits per heavy atom. The first-order chi connectivity index (χ1) is 10.1. The summed E-state index contributed by atoms with van der Waals surface area (Å²) < 4.78 is 10.9. The predicted octanol–water partition coefficient (Wildman–Crippen LogP) is 2.05. The maximum Gasteiger partial charge on any atom is 0.296 e. The fourth-order valence-corrected chi connectivity index (χ4v) is 2.88. The molecule has 1 heterocycles. The summed E-state index contributed by atoms with van der Waals surface area (Å²) in [5.41, 5.74) is 6.55. The summed E-state index contributed by atoms with van der Waals surface area (Å²) >= 11 is 0. The Morgan fingerprint density at radius 2 is 1.86 bits per heavy atom. The molecule has 1 saturated carbocycles. The van der Waals surface area contributed by atoms with Crippen LogP contribution < -0.4 is 20.5 Å². The van der Waals surface area contributed by atoms with Gasteiger partial charge in [-0.15, -0.1) is 0 Å². The third-order valence-corrected chi connectivity index (χ3v) is 4.02. The van der Waals surface area contributed by atoms with Gasteiger partial charge in [-0.2, -0.15) is 0 Å². The second-order valence-electron chi connectivity index (χ2n) is 5.47. The van der Waals surface area contributed by atoms with E-state index in [1.807, 2.05) is 0 Å². The quantitative estimate of drug-likeness (QED) is 0.653. The largest absolute Gasteiger partial charge is 0.486 e. The van der Waals surface area contributed by atoms with Gasteiger partial charge in [-0.05, 0) is 12.8 Å². The molecule has 7 heteroatoms. The number of nitro benzene ring substituents is 1. The van der Waals surface area contributed by atoms with Crippen molar-refractivity contribution in [3.05, 3.63) is 22.2 Å². The van der Waals surface area contributed by atoms with Gasteiger partial charge >= 0.3 is 0 Å². The summed E-state index contributed by atoms with van der Waals surface area (Å²) in [7, 11) is 0. The molecule has 0 radical (unpaired) electrons. The number of benzene rings is 1. The van der Waals surface area contributed by atoms with E-state index in [0.29, 0.717) is 30.4 Å². The smallest absolute Gasteiger partial charge is 0.296 e. The van der Waals surface area contributed by atoms with E-state index in [2.05, 4.69) is 5.32 Å². The molecule has 3 rings (SSSR count). The molecule has 2 atom stereocenters. The summed E-state index contributed by atoms with van der Waals surface area (Å²) in [6.45, 7) is 0.859. The van der Waals surface area contributed by atoms with E-state index in [0.717, 1.165) is 25.7 Å². The minimum Gasteiger partial charge on any atom is -0.486 e. The molecule has 0 aromatic heterocycles. The molecule has 0 amide bonds. The average molecular weight is 293 g/mol. The highest BCUT2D eigenvalue weighted by molar-refractivity contribution is 5.69. The molecule has 1 fully saturated rings. The average Bonchev–Trinajstić information content (AvgIpc) is 2.48. The van der Waals surface area contributed by atoms with Crippen molar-refractivity contribution >= 4 is 11.4 Å². The molecule has 21 heavy (non-hydrogen) atoms. The molecule has 114 valence electrons. The lowest BCUT2D eigenvalue weighted by atomic mass is 9.91.